The van der Waals surface area contributed by atoms with Gasteiger partial charge in [0.05, 0.1) is 17.7 Å². The number of hydrogen-bond donors (Lipinski definition) is 1. The highest BCUT2D eigenvalue weighted by Gasteiger charge is 2.20. The lowest BCUT2D eigenvalue weighted by atomic mass is 10.2. The van der Waals surface area contributed by atoms with Crippen molar-refractivity contribution in [1.82, 2.24) is 9.97 Å². The van der Waals surface area contributed by atoms with Gasteiger partial charge in [-0.05, 0) is 44.0 Å². The van der Waals surface area contributed by atoms with Gasteiger partial charge in [-0.1, -0.05) is 12.1 Å². The van der Waals surface area contributed by atoms with E-state index in [9.17, 15) is 9.18 Å². The third kappa shape index (κ3) is 4.22. The summed E-state index contributed by atoms with van der Waals surface area (Å²) in [6.45, 7) is 5.97. The fraction of sp³-hybridized carbons (Fsp3) is 0.316. The number of ether oxygens (including phenoxy) is 1. The summed E-state index contributed by atoms with van der Waals surface area (Å²) in [5.74, 6) is 0.927. The normalized spacial score (nSPS) is 12.3. The van der Waals surface area contributed by atoms with Gasteiger partial charge in [0.15, 0.2) is 0 Å². The molecular formula is C19H20FN3O2S2. The lowest BCUT2D eigenvalue weighted by Crippen LogP contribution is -2.04. The first-order chi connectivity index (χ1) is 12.9. The molecule has 0 amide bonds. The predicted octanol–water partition coefficient (Wildman–Crippen LogP) is 4.89. The molecule has 2 aromatic heterocycles. The number of carbonyl (C=O) groups is 1. The Bertz CT molecular complexity index is 973. The average molecular weight is 406 g/mol. The lowest BCUT2D eigenvalue weighted by molar-refractivity contribution is 0.0531. The molecule has 5 nitrogen and oxygen atoms in total. The molecule has 2 N–H and O–H groups in total. The molecule has 3 aromatic rings. The Morgan fingerprint density at radius 2 is 2.04 bits per heavy atom. The molecule has 0 radical (unpaired) electrons. The Morgan fingerprint density at radius 1 is 1.33 bits per heavy atom. The summed E-state index contributed by atoms with van der Waals surface area (Å²) in [4.78, 5) is 22.3. The second-order valence-electron chi connectivity index (χ2n) is 5.99. The van der Waals surface area contributed by atoms with E-state index in [0.717, 1.165) is 11.1 Å². The minimum Gasteiger partial charge on any atom is -0.462 e. The van der Waals surface area contributed by atoms with Gasteiger partial charge in [-0.2, -0.15) is 0 Å². The summed E-state index contributed by atoms with van der Waals surface area (Å²) in [5.41, 5.74) is 7.92. The molecule has 0 bridgehead atoms. The van der Waals surface area contributed by atoms with Gasteiger partial charge in [0.25, 0.3) is 0 Å². The quantitative estimate of drug-likeness (QED) is 0.588. The Balaban J connectivity index is 1.81. The van der Waals surface area contributed by atoms with Crippen LogP contribution in [0.4, 0.5) is 10.2 Å². The maximum atomic E-state index is 13.1. The SMILES string of the molecule is CCOC(=O)c1sc2nc(CSC(C)c3ccc(F)cc3)nc(N)c2c1C. The molecule has 3 rings (SSSR count). The molecule has 27 heavy (non-hydrogen) atoms. The van der Waals surface area contributed by atoms with Gasteiger partial charge in [0.2, 0.25) is 0 Å². The molecule has 8 heteroatoms. The molecule has 0 aliphatic carbocycles. The molecule has 0 spiro atoms. The van der Waals surface area contributed by atoms with Gasteiger partial charge < -0.3 is 10.5 Å². The Morgan fingerprint density at radius 3 is 2.70 bits per heavy atom. The number of aromatic nitrogens is 2. The largest absolute Gasteiger partial charge is 0.462 e. The number of nitrogen functional groups attached to an aromatic ring is 1. The number of carbonyl (C=O) groups excluding carboxylic acids is 1. The number of esters is 1. The van der Waals surface area contributed by atoms with Crippen LogP contribution in [0.3, 0.4) is 0 Å². The highest BCUT2D eigenvalue weighted by molar-refractivity contribution is 7.98. The number of rotatable bonds is 6. The van der Waals surface area contributed by atoms with Crippen LogP contribution in [0.5, 0.6) is 0 Å². The molecule has 2 heterocycles. The van der Waals surface area contributed by atoms with Crippen molar-refractivity contribution in [2.45, 2.75) is 31.8 Å². The monoisotopic (exact) mass is 405 g/mol. The molecule has 142 valence electrons. The first-order valence-corrected chi connectivity index (χ1v) is 10.4. The topological polar surface area (TPSA) is 78.1 Å². The smallest absolute Gasteiger partial charge is 0.348 e. The van der Waals surface area contributed by atoms with Gasteiger partial charge in [-0.15, -0.1) is 23.1 Å². The summed E-state index contributed by atoms with van der Waals surface area (Å²) in [6, 6.07) is 6.47. The molecule has 1 unspecified atom stereocenters. The third-order valence-electron chi connectivity index (χ3n) is 4.13. The number of thiophene rings is 1. The number of anilines is 1. The predicted molar refractivity (Wildman–Crippen MR) is 109 cm³/mol. The zero-order chi connectivity index (χ0) is 19.6. The number of thioether (sulfide) groups is 1. The highest BCUT2D eigenvalue weighted by Crippen LogP contribution is 2.35. The highest BCUT2D eigenvalue weighted by atomic mass is 32.2. The molecule has 1 atom stereocenters. The number of fused-ring (bicyclic) bond motifs is 1. The van der Waals surface area contributed by atoms with Gasteiger partial charge in [0.1, 0.15) is 27.2 Å². The zero-order valence-electron chi connectivity index (χ0n) is 15.3. The minimum atomic E-state index is -0.363. The van der Waals surface area contributed by atoms with E-state index in [0.29, 0.717) is 39.1 Å². The van der Waals surface area contributed by atoms with E-state index in [1.165, 1.54) is 23.5 Å². The Labute approximate surface area is 165 Å². The first kappa shape index (κ1) is 19.6. The van der Waals surface area contributed by atoms with Crippen LogP contribution in [-0.2, 0) is 10.5 Å². The van der Waals surface area contributed by atoms with Gasteiger partial charge in [-0.3, -0.25) is 0 Å². The van der Waals surface area contributed by atoms with E-state index < -0.39 is 0 Å². The molecule has 0 aliphatic heterocycles. The summed E-state index contributed by atoms with van der Waals surface area (Å²) in [5, 5.41) is 0.870. The number of nitrogens with two attached hydrogens (primary N) is 1. The van der Waals surface area contributed by atoms with Crippen molar-refractivity contribution in [3.05, 3.63) is 51.9 Å². The summed E-state index contributed by atoms with van der Waals surface area (Å²) in [7, 11) is 0. The standard InChI is InChI=1S/C19H20FN3O2S2/c1-4-25-19(24)16-10(2)15-17(21)22-14(23-18(15)27-16)9-26-11(3)12-5-7-13(20)8-6-12/h5-8,11H,4,9H2,1-3H3,(H2,21,22,23). The van der Waals surface area contributed by atoms with E-state index in [2.05, 4.69) is 9.97 Å². The van der Waals surface area contributed by atoms with E-state index in [-0.39, 0.29) is 17.0 Å². The fourth-order valence-corrected chi connectivity index (χ4v) is 4.68. The van der Waals surface area contributed by atoms with Crippen LogP contribution in [0.1, 0.15) is 45.7 Å². The van der Waals surface area contributed by atoms with Crippen LogP contribution in [-0.4, -0.2) is 22.5 Å². The second kappa shape index (κ2) is 8.22. The molecule has 0 fully saturated rings. The average Bonchev–Trinajstić information content (AvgIpc) is 2.97. The molecule has 1 aromatic carbocycles. The van der Waals surface area contributed by atoms with Crippen LogP contribution >= 0.6 is 23.1 Å². The first-order valence-electron chi connectivity index (χ1n) is 8.50. The third-order valence-corrected chi connectivity index (χ3v) is 6.49. The minimum absolute atomic E-state index is 0.159. The number of hydrogen-bond acceptors (Lipinski definition) is 7. The summed E-state index contributed by atoms with van der Waals surface area (Å²) in [6.07, 6.45) is 0. The van der Waals surface area contributed by atoms with E-state index in [4.69, 9.17) is 10.5 Å². The number of benzene rings is 1. The fourth-order valence-electron chi connectivity index (χ4n) is 2.70. The van der Waals surface area contributed by atoms with Crippen molar-refractivity contribution in [1.29, 1.82) is 0 Å². The number of halogens is 1. The zero-order valence-corrected chi connectivity index (χ0v) is 16.9. The van der Waals surface area contributed by atoms with Crippen molar-refractivity contribution in [3.63, 3.8) is 0 Å². The molecule has 0 saturated heterocycles. The molecule has 0 aliphatic rings. The van der Waals surface area contributed by atoms with E-state index in [1.54, 1.807) is 30.8 Å². The van der Waals surface area contributed by atoms with Crippen molar-refractivity contribution < 1.29 is 13.9 Å². The molecule has 0 saturated carbocycles. The van der Waals surface area contributed by atoms with E-state index in [1.807, 2.05) is 13.8 Å². The van der Waals surface area contributed by atoms with E-state index >= 15 is 0 Å². The number of nitrogens with zero attached hydrogens (tertiary/aromatic N) is 2. The van der Waals surface area contributed by atoms with Crippen LogP contribution in [0.25, 0.3) is 10.2 Å². The lowest BCUT2D eigenvalue weighted by Gasteiger charge is -2.11. The van der Waals surface area contributed by atoms with Gasteiger partial charge in [0, 0.05) is 5.25 Å². The van der Waals surface area contributed by atoms with Crippen molar-refractivity contribution in [2.24, 2.45) is 0 Å². The molecular weight excluding hydrogens is 385 g/mol. The van der Waals surface area contributed by atoms with Gasteiger partial charge in [-0.25, -0.2) is 19.2 Å². The maximum absolute atomic E-state index is 13.1. The second-order valence-corrected chi connectivity index (χ2v) is 8.31. The summed E-state index contributed by atoms with van der Waals surface area (Å²) < 4.78 is 18.2. The maximum Gasteiger partial charge on any atom is 0.348 e. The Kier molecular flexibility index (Phi) is 5.96. The van der Waals surface area contributed by atoms with Crippen molar-refractivity contribution in [2.75, 3.05) is 12.3 Å². The van der Waals surface area contributed by atoms with Crippen LogP contribution in [0.2, 0.25) is 0 Å². The van der Waals surface area contributed by atoms with Crippen molar-refractivity contribution in [3.8, 4) is 0 Å². The van der Waals surface area contributed by atoms with Crippen molar-refractivity contribution >= 4 is 45.1 Å². The Hall–Kier alpha value is -2.19. The summed E-state index contributed by atoms with van der Waals surface area (Å²) >= 11 is 2.92. The van der Waals surface area contributed by atoms with Gasteiger partial charge >= 0.3 is 5.97 Å². The number of aryl methyl sites for hydroxylation is 1. The van der Waals surface area contributed by atoms with Crippen LogP contribution < -0.4 is 5.73 Å². The van der Waals surface area contributed by atoms with Crippen LogP contribution in [0, 0.1) is 12.7 Å². The van der Waals surface area contributed by atoms with Crippen LogP contribution in [0.15, 0.2) is 24.3 Å².